The predicted octanol–water partition coefficient (Wildman–Crippen LogP) is 3.26. The van der Waals surface area contributed by atoms with Crippen molar-refractivity contribution in [1.82, 2.24) is 4.90 Å². The van der Waals surface area contributed by atoms with E-state index in [1.165, 1.54) is 6.07 Å². The number of likely N-dealkylation sites (N-methyl/N-ethyl adjacent to an activating group) is 1. The second-order valence-corrected chi connectivity index (χ2v) is 8.37. The third kappa shape index (κ3) is 3.27. The van der Waals surface area contributed by atoms with Gasteiger partial charge in [0.2, 0.25) is 0 Å². The normalized spacial score (nSPS) is 20.5. The molecule has 0 aliphatic carbocycles. The van der Waals surface area contributed by atoms with E-state index >= 15 is 0 Å². The lowest BCUT2D eigenvalue weighted by atomic mass is 9.85. The van der Waals surface area contributed by atoms with Crippen LogP contribution in [0.2, 0.25) is 0 Å². The molecule has 0 radical (unpaired) electrons. The summed E-state index contributed by atoms with van der Waals surface area (Å²) >= 11 is 2.16. The molecule has 1 aliphatic rings. The van der Waals surface area contributed by atoms with Crippen molar-refractivity contribution >= 4 is 33.6 Å². The van der Waals surface area contributed by atoms with Crippen LogP contribution in [0.3, 0.4) is 0 Å². The van der Waals surface area contributed by atoms with E-state index in [0.29, 0.717) is 24.3 Å². The maximum Gasteiger partial charge on any atom is 0.197 e. The van der Waals surface area contributed by atoms with Gasteiger partial charge in [0.05, 0.1) is 6.10 Å². The van der Waals surface area contributed by atoms with Crippen molar-refractivity contribution in [1.29, 1.82) is 0 Å². The van der Waals surface area contributed by atoms with Crippen LogP contribution in [0, 0.1) is 3.57 Å². The van der Waals surface area contributed by atoms with Gasteiger partial charge >= 0.3 is 0 Å². The minimum Gasteiger partial charge on any atom is -0.507 e. The Morgan fingerprint density at radius 2 is 1.93 bits per heavy atom. The summed E-state index contributed by atoms with van der Waals surface area (Å²) in [5.74, 6) is -0.549. The fraction of sp³-hybridized carbons (Fsp3) is 0.286. The monoisotopic (exact) mass is 493 g/mol. The van der Waals surface area contributed by atoms with Crippen molar-refractivity contribution in [3.63, 3.8) is 0 Å². The Kier molecular flexibility index (Phi) is 5.07. The topological polar surface area (TPSA) is 94.1 Å². The first-order valence-electron chi connectivity index (χ1n) is 9.01. The van der Waals surface area contributed by atoms with Gasteiger partial charge < -0.3 is 24.6 Å². The fourth-order valence-corrected chi connectivity index (χ4v) is 4.55. The molecule has 1 aliphatic heterocycles. The summed E-state index contributed by atoms with van der Waals surface area (Å²) in [5.41, 5.74) is 0.864. The van der Waals surface area contributed by atoms with Crippen LogP contribution < -0.4 is 5.43 Å². The number of fused-ring (bicyclic) bond motifs is 1. The van der Waals surface area contributed by atoms with Crippen LogP contribution in [0.1, 0.15) is 17.9 Å². The number of β-amino-alcohol motifs (C(OH)–C–C–N with tert-alkyl or cyclic N) is 1. The lowest BCUT2D eigenvalue weighted by molar-refractivity contribution is 0.0630. The van der Waals surface area contributed by atoms with Crippen LogP contribution in [0.25, 0.3) is 22.3 Å². The molecule has 1 aromatic heterocycles. The molecule has 4 rings (SSSR count). The molecule has 1 saturated heterocycles. The molecule has 0 amide bonds. The summed E-state index contributed by atoms with van der Waals surface area (Å²) in [6.45, 7) is 1.19. The van der Waals surface area contributed by atoms with Crippen molar-refractivity contribution in [2.45, 2.75) is 18.4 Å². The number of halogens is 1. The summed E-state index contributed by atoms with van der Waals surface area (Å²) in [5, 5.41) is 31.5. The summed E-state index contributed by atoms with van der Waals surface area (Å²) < 4.78 is 6.99. The zero-order valence-electron chi connectivity index (χ0n) is 15.2. The van der Waals surface area contributed by atoms with E-state index in [1.54, 1.807) is 0 Å². The van der Waals surface area contributed by atoms with Crippen molar-refractivity contribution in [3.05, 3.63) is 55.8 Å². The quantitative estimate of drug-likeness (QED) is 0.475. The molecule has 0 spiro atoms. The van der Waals surface area contributed by atoms with Gasteiger partial charge in [-0.15, -0.1) is 0 Å². The van der Waals surface area contributed by atoms with E-state index in [-0.39, 0.29) is 22.5 Å². The lowest BCUT2D eigenvalue weighted by Crippen LogP contribution is -2.40. The molecule has 6 nitrogen and oxygen atoms in total. The minimum atomic E-state index is -0.719. The number of piperidine rings is 1. The molecule has 0 bridgehead atoms. The summed E-state index contributed by atoms with van der Waals surface area (Å²) in [7, 11) is 1.92. The Labute approximate surface area is 175 Å². The first-order valence-corrected chi connectivity index (χ1v) is 10.1. The zero-order valence-corrected chi connectivity index (χ0v) is 17.4. The molecule has 3 N–H and O–H groups in total. The summed E-state index contributed by atoms with van der Waals surface area (Å²) in [6, 6.07) is 10.0. The highest BCUT2D eigenvalue weighted by atomic mass is 127. The van der Waals surface area contributed by atoms with Gasteiger partial charge in [0.1, 0.15) is 28.2 Å². The molecule has 1 fully saturated rings. The van der Waals surface area contributed by atoms with Crippen molar-refractivity contribution in [3.8, 4) is 22.8 Å². The number of benzene rings is 2. The van der Waals surface area contributed by atoms with Gasteiger partial charge in [-0.3, -0.25) is 4.79 Å². The molecular formula is C21H20INO5. The first-order chi connectivity index (χ1) is 13.4. The van der Waals surface area contributed by atoms with Crippen molar-refractivity contribution in [2.24, 2.45) is 0 Å². The maximum absolute atomic E-state index is 12.8. The largest absolute Gasteiger partial charge is 0.507 e. The molecule has 2 heterocycles. The van der Waals surface area contributed by atoms with Crippen molar-refractivity contribution < 1.29 is 19.7 Å². The van der Waals surface area contributed by atoms with E-state index in [2.05, 4.69) is 22.6 Å². The Bertz CT molecular complexity index is 1110. The summed E-state index contributed by atoms with van der Waals surface area (Å²) in [4.78, 5) is 14.8. The standard InChI is InChI=1S/C21H20INO5/c1-23-7-6-12(17(27)10-23)19-14(24)8-15(25)20-16(26)9-18(28-21(19)20)11-4-2-3-5-13(11)22/h2-5,8-9,12,17,24-25,27H,6-7,10H2,1H3/t12?,17-/m1/s1. The number of hydrogen-bond donors (Lipinski definition) is 3. The highest BCUT2D eigenvalue weighted by Crippen LogP contribution is 2.42. The lowest BCUT2D eigenvalue weighted by Gasteiger charge is -2.34. The van der Waals surface area contributed by atoms with Gasteiger partial charge in [0, 0.05) is 39.3 Å². The van der Waals surface area contributed by atoms with E-state index in [4.69, 9.17) is 4.42 Å². The molecular weight excluding hydrogens is 473 g/mol. The van der Waals surface area contributed by atoms with E-state index < -0.39 is 17.5 Å². The SMILES string of the molecule is CN1CCC(c2c(O)cc(O)c3c(=O)cc(-c4ccccc4I)oc23)[C@H](O)C1. The predicted molar refractivity (Wildman–Crippen MR) is 115 cm³/mol. The van der Waals surface area contributed by atoms with Crippen molar-refractivity contribution in [2.75, 3.05) is 20.1 Å². The number of aliphatic hydroxyl groups excluding tert-OH is 1. The number of phenolic OH excluding ortho intramolecular Hbond substituents is 2. The van der Waals surface area contributed by atoms with Gasteiger partial charge in [-0.2, -0.15) is 0 Å². The Morgan fingerprint density at radius 1 is 1.18 bits per heavy atom. The number of hydrogen-bond acceptors (Lipinski definition) is 6. The van der Waals surface area contributed by atoms with Crippen LogP contribution in [-0.2, 0) is 0 Å². The van der Waals surface area contributed by atoms with Crippen LogP contribution in [0.4, 0.5) is 0 Å². The highest BCUT2D eigenvalue weighted by Gasteiger charge is 2.33. The number of rotatable bonds is 2. The van der Waals surface area contributed by atoms with E-state index in [0.717, 1.165) is 21.7 Å². The Balaban J connectivity index is 2.00. The molecule has 2 aromatic carbocycles. The average molecular weight is 493 g/mol. The smallest absolute Gasteiger partial charge is 0.197 e. The van der Waals surface area contributed by atoms with Gasteiger partial charge in [-0.1, -0.05) is 18.2 Å². The molecule has 7 heteroatoms. The van der Waals surface area contributed by atoms with Crippen LogP contribution in [-0.4, -0.2) is 46.5 Å². The fourth-order valence-electron chi connectivity index (χ4n) is 3.90. The molecule has 146 valence electrons. The molecule has 3 aromatic rings. The highest BCUT2D eigenvalue weighted by molar-refractivity contribution is 14.1. The van der Waals surface area contributed by atoms with Crippen LogP contribution in [0.5, 0.6) is 11.5 Å². The average Bonchev–Trinajstić information content (AvgIpc) is 2.63. The molecule has 28 heavy (non-hydrogen) atoms. The second-order valence-electron chi connectivity index (χ2n) is 7.21. The summed E-state index contributed by atoms with van der Waals surface area (Å²) in [6.07, 6.45) is -0.120. The van der Waals surface area contributed by atoms with E-state index in [1.807, 2.05) is 36.2 Å². The maximum atomic E-state index is 12.8. The second kappa shape index (κ2) is 7.38. The number of nitrogens with zero attached hydrogens (tertiary/aromatic N) is 1. The molecule has 1 unspecified atom stereocenters. The molecule has 0 saturated carbocycles. The molecule has 2 atom stereocenters. The van der Waals surface area contributed by atoms with Gasteiger partial charge in [-0.05, 0) is 48.7 Å². The van der Waals surface area contributed by atoms with Gasteiger partial charge in [-0.25, -0.2) is 0 Å². The Hall–Kier alpha value is -2.10. The van der Waals surface area contributed by atoms with Crippen LogP contribution >= 0.6 is 22.6 Å². The van der Waals surface area contributed by atoms with E-state index in [9.17, 15) is 20.1 Å². The Morgan fingerprint density at radius 3 is 2.64 bits per heavy atom. The number of aromatic hydroxyl groups is 2. The van der Waals surface area contributed by atoms with Gasteiger partial charge in [0.15, 0.2) is 5.43 Å². The minimum absolute atomic E-state index is 0.0219. The van der Waals surface area contributed by atoms with Gasteiger partial charge in [0.25, 0.3) is 0 Å². The zero-order chi connectivity index (χ0) is 20.0. The third-order valence-electron chi connectivity index (χ3n) is 5.29. The van der Waals surface area contributed by atoms with Crippen LogP contribution in [0.15, 0.2) is 45.6 Å². The first kappa shape index (κ1) is 19.2. The number of likely N-dealkylation sites (tertiary alicyclic amines) is 1. The number of aliphatic hydroxyl groups is 1. The number of phenols is 2. The third-order valence-corrected chi connectivity index (χ3v) is 6.23.